The van der Waals surface area contributed by atoms with Crippen molar-refractivity contribution in [3.63, 3.8) is 0 Å². The fourth-order valence-corrected chi connectivity index (χ4v) is 2.34. The van der Waals surface area contributed by atoms with Crippen LogP contribution < -0.4 is 5.73 Å². The molecule has 0 spiro atoms. The van der Waals surface area contributed by atoms with Crippen LogP contribution in [-0.4, -0.2) is 6.54 Å². The molecule has 1 unspecified atom stereocenters. The van der Waals surface area contributed by atoms with E-state index in [9.17, 15) is 4.39 Å². The maximum atomic E-state index is 12.7. The molecule has 16 heavy (non-hydrogen) atoms. The summed E-state index contributed by atoms with van der Waals surface area (Å²) in [5.74, 6) is 0.614. The minimum absolute atomic E-state index is 0.0699. The molecule has 2 nitrogen and oxygen atoms in total. The van der Waals surface area contributed by atoms with Gasteiger partial charge in [0, 0.05) is 11.4 Å². The average Bonchev–Trinajstić information content (AvgIpc) is 2.82. The van der Waals surface area contributed by atoms with Crippen molar-refractivity contribution in [3.8, 4) is 0 Å². The van der Waals surface area contributed by atoms with Crippen LogP contribution in [0.5, 0.6) is 0 Å². The predicted octanol–water partition coefficient (Wildman–Crippen LogP) is 3.21. The molecule has 0 aliphatic heterocycles. The van der Waals surface area contributed by atoms with Gasteiger partial charge in [0.2, 0.25) is 0 Å². The first kappa shape index (κ1) is 11.2. The fraction of sp³-hybridized carbons (Fsp3) is 0.167. The number of benzene rings is 1. The first-order valence-electron chi connectivity index (χ1n) is 4.95. The van der Waals surface area contributed by atoms with Crippen LogP contribution in [0.3, 0.4) is 0 Å². The van der Waals surface area contributed by atoms with E-state index < -0.39 is 0 Å². The Morgan fingerprint density at radius 2 is 2.00 bits per heavy atom. The number of rotatable bonds is 4. The summed E-state index contributed by atoms with van der Waals surface area (Å²) in [6.07, 6.45) is 1.63. The Morgan fingerprint density at radius 3 is 2.56 bits per heavy atom. The molecule has 1 heterocycles. The molecule has 0 bridgehead atoms. The highest BCUT2D eigenvalue weighted by Gasteiger charge is 2.13. The fourth-order valence-electron chi connectivity index (χ4n) is 1.37. The van der Waals surface area contributed by atoms with E-state index in [4.69, 9.17) is 10.2 Å². The van der Waals surface area contributed by atoms with E-state index in [1.807, 2.05) is 12.1 Å². The summed E-state index contributed by atoms with van der Waals surface area (Å²) < 4.78 is 18.0. The number of furan rings is 1. The first-order valence-corrected chi connectivity index (χ1v) is 5.83. The zero-order chi connectivity index (χ0) is 11.4. The normalized spacial score (nSPS) is 12.6. The van der Waals surface area contributed by atoms with Crippen molar-refractivity contribution in [2.45, 2.75) is 10.1 Å². The van der Waals surface area contributed by atoms with Gasteiger partial charge in [0.25, 0.3) is 0 Å². The van der Waals surface area contributed by atoms with Crippen LogP contribution in [0.2, 0.25) is 0 Å². The van der Waals surface area contributed by atoms with Crippen molar-refractivity contribution in [1.82, 2.24) is 0 Å². The number of nitrogens with two attached hydrogens (primary N) is 1. The van der Waals surface area contributed by atoms with Gasteiger partial charge in [0.1, 0.15) is 11.6 Å². The Kier molecular flexibility index (Phi) is 3.64. The summed E-state index contributed by atoms with van der Waals surface area (Å²) in [5.41, 5.74) is 5.69. The van der Waals surface area contributed by atoms with Crippen LogP contribution in [-0.2, 0) is 0 Å². The Hall–Kier alpha value is -1.26. The van der Waals surface area contributed by atoms with E-state index in [0.29, 0.717) is 6.54 Å². The molecule has 0 amide bonds. The van der Waals surface area contributed by atoms with E-state index in [2.05, 4.69) is 0 Å². The molecule has 1 atom stereocenters. The number of hydrogen-bond donors (Lipinski definition) is 1. The van der Waals surface area contributed by atoms with Crippen LogP contribution in [0.15, 0.2) is 52.0 Å². The lowest BCUT2D eigenvalue weighted by Gasteiger charge is -2.11. The lowest BCUT2D eigenvalue weighted by molar-refractivity contribution is 0.507. The van der Waals surface area contributed by atoms with Crippen molar-refractivity contribution in [3.05, 3.63) is 54.2 Å². The Bertz CT molecular complexity index is 427. The minimum atomic E-state index is -0.230. The summed E-state index contributed by atoms with van der Waals surface area (Å²) in [5, 5.41) is 0.0699. The summed E-state index contributed by atoms with van der Waals surface area (Å²) in [7, 11) is 0. The molecule has 2 rings (SSSR count). The first-order chi connectivity index (χ1) is 7.79. The highest BCUT2D eigenvalue weighted by molar-refractivity contribution is 7.99. The second kappa shape index (κ2) is 5.18. The van der Waals surface area contributed by atoms with E-state index in [0.717, 1.165) is 10.7 Å². The minimum Gasteiger partial charge on any atom is -0.468 e. The Labute approximate surface area is 97.6 Å². The smallest absolute Gasteiger partial charge is 0.123 e. The lowest BCUT2D eigenvalue weighted by atomic mass is 10.3. The van der Waals surface area contributed by atoms with Crippen LogP contribution in [0.1, 0.15) is 11.0 Å². The Morgan fingerprint density at radius 1 is 1.25 bits per heavy atom. The molecule has 1 aromatic heterocycles. The topological polar surface area (TPSA) is 39.2 Å². The third kappa shape index (κ3) is 2.65. The zero-order valence-electron chi connectivity index (χ0n) is 8.60. The molecule has 0 saturated heterocycles. The second-order valence-corrected chi connectivity index (χ2v) is 4.59. The van der Waals surface area contributed by atoms with E-state index in [-0.39, 0.29) is 11.1 Å². The molecule has 0 fully saturated rings. The molecule has 0 radical (unpaired) electrons. The van der Waals surface area contributed by atoms with Crippen molar-refractivity contribution in [1.29, 1.82) is 0 Å². The SMILES string of the molecule is NCC(Sc1ccc(F)cc1)c1ccco1. The van der Waals surface area contributed by atoms with Gasteiger partial charge in [0.15, 0.2) is 0 Å². The Balaban J connectivity index is 2.10. The van der Waals surface area contributed by atoms with Gasteiger partial charge < -0.3 is 10.2 Å². The van der Waals surface area contributed by atoms with E-state index >= 15 is 0 Å². The van der Waals surface area contributed by atoms with Crippen LogP contribution in [0.4, 0.5) is 4.39 Å². The van der Waals surface area contributed by atoms with Crippen LogP contribution in [0.25, 0.3) is 0 Å². The number of halogens is 1. The molecular weight excluding hydrogens is 225 g/mol. The summed E-state index contributed by atoms with van der Waals surface area (Å²) in [6, 6.07) is 10.1. The average molecular weight is 237 g/mol. The van der Waals surface area contributed by atoms with Gasteiger partial charge in [-0.2, -0.15) is 0 Å². The second-order valence-electron chi connectivity index (χ2n) is 3.31. The van der Waals surface area contributed by atoms with Crippen molar-refractivity contribution >= 4 is 11.8 Å². The van der Waals surface area contributed by atoms with Gasteiger partial charge >= 0.3 is 0 Å². The summed E-state index contributed by atoms with van der Waals surface area (Å²) in [6.45, 7) is 0.482. The van der Waals surface area contributed by atoms with E-state index in [1.165, 1.54) is 12.1 Å². The quantitative estimate of drug-likeness (QED) is 0.830. The number of hydrogen-bond acceptors (Lipinski definition) is 3. The molecule has 84 valence electrons. The number of thioether (sulfide) groups is 1. The highest BCUT2D eigenvalue weighted by atomic mass is 32.2. The van der Waals surface area contributed by atoms with Gasteiger partial charge in [-0.25, -0.2) is 4.39 Å². The highest BCUT2D eigenvalue weighted by Crippen LogP contribution is 2.34. The standard InChI is InChI=1S/C12H12FNOS/c13-9-3-5-10(6-4-9)16-12(8-14)11-2-1-7-15-11/h1-7,12H,8,14H2. The van der Waals surface area contributed by atoms with Crippen molar-refractivity contribution in [2.24, 2.45) is 5.73 Å². The summed E-state index contributed by atoms with van der Waals surface area (Å²) in [4.78, 5) is 0.980. The third-order valence-electron chi connectivity index (χ3n) is 2.17. The molecule has 0 saturated carbocycles. The molecule has 1 aromatic carbocycles. The predicted molar refractivity (Wildman–Crippen MR) is 62.8 cm³/mol. The zero-order valence-corrected chi connectivity index (χ0v) is 9.41. The molecule has 2 N–H and O–H groups in total. The molecule has 0 aliphatic carbocycles. The molecule has 4 heteroatoms. The maximum Gasteiger partial charge on any atom is 0.123 e. The lowest BCUT2D eigenvalue weighted by Crippen LogP contribution is -2.08. The van der Waals surface area contributed by atoms with Crippen LogP contribution in [0, 0.1) is 5.82 Å². The van der Waals surface area contributed by atoms with Gasteiger partial charge in [-0.1, -0.05) is 0 Å². The van der Waals surface area contributed by atoms with Gasteiger partial charge in [-0.15, -0.1) is 11.8 Å². The van der Waals surface area contributed by atoms with Gasteiger partial charge in [-0.05, 0) is 36.4 Å². The van der Waals surface area contributed by atoms with Crippen molar-refractivity contribution < 1.29 is 8.81 Å². The molecule has 2 aromatic rings. The van der Waals surface area contributed by atoms with E-state index in [1.54, 1.807) is 30.2 Å². The van der Waals surface area contributed by atoms with Crippen LogP contribution >= 0.6 is 11.8 Å². The van der Waals surface area contributed by atoms with Gasteiger partial charge in [0.05, 0.1) is 11.5 Å². The molecule has 0 aliphatic rings. The summed E-state index contributed by atoms with van der Waals surface area (Å²) >= 11 is 1.57. The van der Waals surface area contributed by atoms with Crippen molar-refractivity contribution in [2.75, 3.05) is 6.54 Å². The maximum absolute atomic E-state index is 12.7. The monoisotopic (exact) mass is 237 g/mol. The molecular formula is C12H12FNOS. The third-order valence-corrected chi connectivity index (χ3v) is 3.42. The largest absolute Gasteiger partial charge is 0.468 e. The van der Waals surface area contributed by atoms with Gasteiger partial charge in [-0.3, -0.25) is 0 Å².